The molecular formula is C14H24ClNO. The van der Waals surface area contributed by atoms with Crippen LogP contribution < -0.4 is 5.32 Å². The van der Waals surface area contributed by atoms with Crippen LogP contribution in [0.25, 0.3) is 0 Å². The Balaban J connectivity index is 0.00000256. The van der Waals surface area contributed by atoms with Gasteiger partial charge in [0.05, 0.1) is 0 Å². The van der Waals surface area contributed by atoms with Gasteiger partial charge in [-0.05, 0) is 29.5 Å². The van der Waals surface area contributed by atoms with Gasteiger partial charge in [-0.15, -0.1) is 12.4 Å². The minimum absolute atomic E-state index is 0. The molecule has 0 aromatic heterocycles. The van der Waals surface area contributed by atoms with Crippen molar-refractivity contribution in [2.24, 2.45) is 5.41 Å². The first-order valence-corrected chi connectivity index (χ1v) is 5.94. The molecule has 0 bridgehead atoms. The molecule has 17 heavy (non-hydrogen) atoms. The number of benzene rings is 1. The fourth-order valence-electron chi connectivity index (χ4n) is 1.97. The van der Waals surface area contributed by atoms with E-state index >= 15 is 0 Å². The van der Waals surface area contributed by atoms with Gasteiger partial charge < -0.3 is 10.4 Å². The molecule has 0 fully saturated rings. The average Bonchev–Trinajstić information content (AvgIpc) is 2.16. The van der Waals surface area contributed by atoms with Crippen LogP contribution in [-0.4, -0.2) is 11.1 Å². The molecule has 2 nitrogen and oxygen atoms in total. The summed E-state index contributed by atoms with van der Waals surface area (Å²) in [7, 11) is 0. The summed E-state index contributed by atoms with van der Waals surface area (Å²) in [5, 5.41) is 12.9. The smallest absolute Gasteiger partial charge is 0.115 e. The Bertz CT molecular complexity index is 333. The predicted molar refractivity (Wildman–Crippen MR) is 75.7 cm³/mol. The fourth-order valence-corrected chi connectivity index (χ4v) is 1.97. The molecule has 1 aromatic rings. The molecule has 1 aromatic carbocycles. The quantitative estimate of drug-likeness (QED) is 0.862. The first-order valence-electron chi connectivity index (χ1n) is 5.94. The zero-order chi connectivity index (χ0) is 12.2. The summed E-state index contributed by atoms with van der Waals surface area (Å²) < 4.78 is 0. The number of aromatic hydroxyl groups is 1. The Morgan fingerprint density at radius 3 is 2.41 bits per heavy atom. The van der Waals surface area contributed by atoms with E-state index in [0.29, 0.717) is 11.8 Å². The molecule has 1 unspecified atom stereocenters. The number of phenols is 1. The van der Waals surface area contributed by atoms with Crippen molar-refractivity contribution in [3.8, 4) is 5.75 Å². The number of halogens is 1. The summed E-state index contributed by atoms with van der Waals surface area (Å²) in [6, 6.07) is 7.91. The molecule has 98 valence electrons. The number of nitrogens with one attached hydrogen (secondary N) is 1. The van der Waals surface area contributed by atoms with Crippen LogP contribution in [0.5, 0.6) is 5.75 Å². The van der Waals surface area contributed by atoms with Gasteiger partial charge in [-0.25, -0.2) is 0 Å². The summed E-state index contributed by atoms with van der Waals surface area (Å²) >= 11 is 0. The van der Waals surface area contributed by atoms with Crippen molar-refractivity contribution in [3.05, 3.63) is 29.8 Å². The lowest BCUT2D eigenvalue weighted by Gasteiger charge is -2.30. The fraction of sp³-hybridized carbons (Fsp3) is 0.571. The molecule has 0 spiro atoms. The van der Waals surface area contributed by atoms with Crippen molar-refractivity contribution in [1.82, 2.24) is 5.32 Å². The number of hydrogen-bond donors (Lipinski definition) is 2. The van der Waals surface area contributed by atoms with Crippen molar-refractivity contribution in [2.75, 3.05) is 0 Å². The highest BCUT2D eigenvalue weighted by Gasteiger charge is 2.21. The van der Waals surface area contributed by atoms with Gasteiger partial charge >= 0.3 is 0 Å². The molecule has 0 radical (unpaired) electrons. The zero-order valence-electron chi connectivity index (χ0n) is 11.2. The minimum atomic E-state index is 0. The average molecular weight is 258 g/mol. The molecule has 0 aliphatic heterocycles. The second kappa shape index (κ2) is 6.87. The molecule has 0 aliphatic carbocycles. The third-order valence-electron chi connectivity index (χ3n) is 2.92. The van der Waals surface area contributed by atoms with E-state index in [4.69, 9.17) is 0 Å². The maximum atomic E-state index is 9.37. The summed E-state index contributed by atoms with van der Waals surface area (Å²) in [4.78, 5) is 0. The Kier molecular flexibility index (Phi) is 6.58. The molecular weight excluding hydrogens is 234 g/mol. The highest BCUT2D eigenvalue weighted by Crippen LogP contribution is 2.22. The molecule has 1 atom stereocenters. The van der Waals surface area contributed by atoms with Crippen molar-refractivity contribution in [3.63, 3.8) is 0 Å². The van der Waals surface area contributed by atoms with Crippen LogP contribution in [-0.2, 0) is 6.54 Å². The van der Waals surface area contributed by atoms with E-state index < -0.39 is 0 Å². The van der Waals surface area contributed by atoms with Crippen LogP contribution in [0.15, 0.2) is 24.3 Å². The lowest BCUT2D eigenvalue weighted by molar-refractivity contribution is 0.259. The van der Waals surface area contributed by atoms with Gasteiger partial charge in [-0.2, -0.15) is 0 Å². The van der Waals surface area contributed by atoms with Crippen molar-refractivity contribution in [2.45, 2.75) is 46.7 Å². The third kappa shape index (κ3) is 5.42. The van der Waals surface area contributed by atoms with E-state index in [2.05, 4.69) is 33.0 Å². The topological polar surface area (TPSA) is 32.3 Å². The van der Waals surface area contributed by atoms with E-state index in [1.807, 2.05) is 18.2 Å². The van der Waals surface area contributed by atoms with E-state index in [1.165, 1.54) is 0 Å². The summed E-state index contributed by atoms with van der Waals surface area (Å²) in [5.41, 5.74) is 1.40. The highest BCUT2D eigenvalue weighted by molar-refractivity contribution is 5.85. The van der Waals surface area contributed by atoms with Gasteiger partial charge in [-0.1, -0.05) is 39.8 Å². The van der Waals surface area contributed by atoms with Crippen molar-refractivity contribution in [1.29, 1.82) is 0 Å². The molecule has 0 aliphatic rings. The number of rotatable bonds is 4. The van der Waals surface area contributed by atoms with Crippen LogP contribution in [0.2, 0.25) is 0 Å². The lowest BCUT2D eigenvalue weighted by atomic mass is 9.85. The summed E-state index contributed by atoms with van der Waals surface area (Å²) in [6.07, 6.45) is 1.11. The second-order valence-corrected chi connectivity index (χ2v) is 5.38. The first-order chi connectivity index (χ1) is 7.43. The maximum absolute atomic E-state index is 9.37. The maximum Gasteiger partial charge on any atom is 0.115 e. The Labute approximate surface area is 111 Å². The van der Waals surface area contributed by atoms with Crippen LogP contribution in [0.4, 0.5) is 0 Å². The molecule has 1 rings (SSSR count). The van der Waals surface area contributed by atoms with Gasteiger partial charge in [0, 0.05) is 12.6 Å². The molecule has 0 heterocycles. The summed E-state index contributed by atoms with van der Waals surface area (Å²) in [6.45, 7) is 9.75. The standard InChI is InChI=1S/C14H23NO.ClH/c1-5-13(14(2,3)4)15-10-11-7-6-8-12(16)9-11;/h6-9,13,15-16H,5,10H2,1-4H3;1H. The lowest BCUT2D eigenvalue weighted by Crippen LogP contribution is -2.39. The number of hydrogen-bond acceptors (Lipinski definition) is 2. The SMILES string of the molecule is CCC(NCc1cccc(O)c1)C(C)(C)C.Cl. The van der Waals surface area contributed by atoms with Gasteiger partial charge in [-0.3, -0.25) is 0 Å². The van der Waals surface area contributed by atoms with E-state index in [0.717, 1.165) is 18.5 Å². The Hall–Kier alpha value is -0.730. The number of phenolic OH excluding ortho intramolecular Hbond substituents is 1. The second-order valence-electron chi connectivity index (χ2n) is 5.38. The van der Waals surface area contributed by atoms with E-state index in [9.17, 15) is 5.11 Å². The van der Waals surface area contributed by atoms with Crippen LogP contribution in [0, 0.1) is 5.41 Å². The first kappa shape index (κ1) is 16.3. The van der Waals surface area contributed by atoms with Gasteiger partial charge in [0.15, 0.2) is 0 Å². The normalized spacial score (nSPS) is 12.9. The highest BCUT2D eigenvalue weighted by atomic mass is 35.5. The molecule has 0 saturated carbocycles. The van der Waals surface area contributed by atoms with E-state index in [-0.39, 0.29) is 17.8 Å². The molecule has 2 N–H and O–H groups in total. The van der Waals surface area contributed by atoms with Crippen LogP contribution in [0.3, 0.4) is 0 Å². The van der Waals surface area contributed by atoms with Gasteiger partial charge in [0.25, 0.3) is 0 Å². The monoisotopic (exact) mass is 257 g/mol. The largest absolute Gasteiger partial charge is 0.508 e. The van der Waals surface area contributed by atoms with Gasteiger partial charge in [0.2, 0.25) is 0 Å². The Morgan fingerprint density at radius 2 is 1.94 bits per heavy atom. The minimum Gasteiger partial charge on any atom is -0.508 e. The van der Waals surface area contributed by atoms with Crippen LogP contribution >= 0.6 is 12.4 Å². The zero-order valence-corrected chi connectivity index (χ0v) is 12.0. The predicted octanol–water partition coefficient (Wildman–Crippen LogP) is 3.73. The molecule has 0 saturated heterocycles. The van der Waals surface area contributed by atoms with Crippen LogP contribution in [0.1, 0.15) is 39.7 Å². The van der Waals surface area contributed by atoms with Gasteiger partial charge in [0.1, 0.15) is 5.75 Å². The molecule has 0 amide bonds. The Morgan fingerprint density at radius 1 is 1.29 bits per heavy atom. The van der Waals surface area contributed by atoms with E-state index in [1.54, 1.807) is 6.07 Å². The van der Waals surface area contributed by atoms with Crippen molar-refractivity contribution < 1.29 is 5.11 Å². The third-order valence-corrected chi connectivity index (χ3v) is 2.92. The molecule has 3 heteroatoms. The van der Waals surface area contributed by atoms with Crippen molar-refractivity contribution >= 4 is 12.4 Å². The summed E-state index contributed by atoms with van der Waals surface area (Å²) in [5.74, 6) is 0.336.